The summed E-state index contributed by atoms with van der Waals surface area (Å²) in [6.07, 6.45) is 0. The van der Waals surface area contributed by atoms with Crippen molar-refractivity contribution in [3.05, 3.63) is 63.1 Å². The highest BCUT2D eigenvalue weighted by Crippen LogP contribution is 2.31. The normalized spacial score (nSPS) is 10.4. The maximum atomic E-state index is 10.8. The van der Waals surface area contributed by atoms with Crippen LogP contribution in [0.15, 0.2) is 51.8 Å². The first-order valence-electron chi connectivity index (χ1n) is 5.46. The molecule has 0 aliphatic carbocycles. The Balaban J connectivity index is 2.07. The van der Waals surface area contributed by atoms with Crippen LogP contribution in [0, 0.1) is 0 Å². The first-order chi connectivity index (χ1) is 9.06. The molecule has 2 nitrogen and oxygen atoms in total. The van der Waals surface area contributed by atoms with E-state index in [9.17, 15) is 4.79 Å². The Kier molecular flexibility index (Phi) is 4.91. The van der Waals surface area contributed by atoms with Crippen molar-refractivity contribution in [1.29, 1.82) is 0 Å². The Morgan fingerprint density at radius 1 is 1.21 bits per heavy atom. The lowest BCUT2D eigenvalue weighted by Gasteiger charge is -2.06. The van der Waals surface area contributed by atoms with Gasteiger partial charge in [0.1, 0.15) is 0 Å². The SMILES string of the molecule is O=C(O)c1ccc(SCc2ccc(Cl)cc2)c(Br)c1. The Morgan fingerprint density at radius 3 is 2.47 bits per heavy atom. The number of benzene rings is 2. The molecule has 0 aromatic heterocycles. The van der Waals surface area contributed by atoms with Gasteiger partial charge in [-0.25, -0.2) is 4.79 Å². The minimum Gasteiger partial charge on any atom is -0.478 e. The van der Waals surface area contributed by atoms with Gasteiger partial charge in [-0.3, -0.25) is 0 Å². The van der Waals surface area contributed by atoms with Crippen molar-refractivity contribution >= 4 is 45.3 Å². The molecule has 0 heterocycles. The monoisotopic (exact) mass is 356 g/mol. The van der Waals surface area contributed by atoms with Crippen molar-refractivity contribution in [2.75, 3.05) is 0 Å². The number of halogens is 2. The van der Waals surface area contributed by atoms with Gasteiger partial charge in [-0.05, 0) is 51.8 Å². The number of carboxylic acids is 1. The van der Waals surface area contributed by atoms with Gasteiger partial charge in [0.2, 0.25) is 0 Å². The third-order valence-corrected chi connectivity index (χ3v) is 4.80. The molecule has 1 N–H and O–H groups in total. The molecule has 0 atom stereocenters. The van der Waals surface area contributed by atoms with Crippen molar-refractivity contribution < 1.29 is 9.90 Å². The molecule has 0 unspecified atom stereocenters. The summed E-state index contributed by atoms with van der Waals surface area (Å²) in [7, 11) is 0. The van der Waals surface area contributed by atoms with Crippen LogP contribution in [0.25, 0.3) is 0 Å². The first-order valence-corrected chi connectivity index (χ1v) is 7.62. The number of thioether (sulfide) groups is 1. The summed E-state index contributed by atoms with van der Waals surface area (Å²) < 4.78 is 0.798. The molecule has 2 rings (SSSR count). The van der Waals surface area contributed by atoms with Crippen molar-refractivity contribution in [3.63, 3.8) is 0 Å². The van der Waals surface area contributed by atoms with E-state index in [2.05, 4.69) is 15.9 Å². The molecule has 0 fully saturated rings. The van der Waals surface area contributed by atoms with E-state index in [0.29, 0.717) is 0 Å². The number of hydrogen-bond acceptors (Lipinski definition) is 2. The molecule has 2 aromatic rings. The second kappa shape index (κ2) is 6.46. The molecule has 98 valence electrons. The summed E-state index contributed by atoms with van der Waals surface area (Å²) in [5, 5.41) is 9.62. The van der Waals surface area contributed by atoms with E-state index in [0.717, 1.165) is 20.1 Å². The molecule has 0 aliphatic heterocycles. The second-order valence-corrected chi connectivity index (χ2v) is 6.17. The average molecular weight is 358 g/mol. The lowest BCUT2D eigenvalue weighted by Crippen LogP contribution is -1.95. The van der Waals surface area contributed by atoms with Gasteiger partial charge < -0.3 is 5.11 Å². The lowest BCUT2D eigenvalue weighted by molar-refractivity contribution is 0.0696. The standard InChI is InChI=1S/C14H10BrClO2S/c15-12-7-10(14(17)18)3-6-13(12)19-8-9-1-4-11(16)5-2-9/h1-7H,8H2,(H,17,18). The van der Waals surface area contributed by atoms with E-state index in [-0.39, 0.29) is 5.56 Å². The summed E-state index contributed by atoms with van der Waals surface area (Å²) in [5.41, 5.74) is 1.45. The Labute approximate surface area is 128 Å². The first kappa shape index (κ1) is 14.4. The van der Waals surface area contributed by atoms with Crippen LogP contribution in [-0.2, 0) is 5.75 Å². The van der Waals surface area contributed by atoms with E-state index in [1.807, 2.05) is 30.3 Å². The molecule has 0 aliphatic rings. The number of rotatable bonds is 4. The van der Waals surface area contributed by atoms with Crippen molar-refractivity contribution in [2.45, 2.75) is 10.6 Å². The lowest BCUT2D eigenvalue weighted by atomic mass is 10.2. The molecule has 0 saturated carbocycles. The zero-order valence-corrected chi connectivity index (χ0v) is 12.9. The number of carboxylic acid groups (broad SMARTS) is 1. The van der Waals surface area contributed by atoms with Gasteiger partial charge in [-0.1, -0.05) is 23.7 Å². The van der Waals surface area contributed by atoms with E-state index in [4.69, 9.17) is 16.7 Å². The zero-order chi connectivity index (χ0) is 13.8. The molecule has 2 aromatic carbocycles. The fourth-order valence-electron chi connectivity index (χ4n) is 1.49. The van der Waals surface area contributed by atoms with Crippen LogP contribution in [0.2, 0.25) is 5.02 Å². The Morgan fingerprint density at radius 2 is 1.89 bits per heavy atom. The smallest absolute Gasteiger partial charge is 0.335 e. The molecule has 0 bridgehead atoms. The highest BCUT2D eigenvalue weighted by atomic mass is 79.9. The van der Waals surface area contributed by atoms with Crippen LogP contribution in [0.3, 0.4) is 0 Å². The summed E-state index contributed by atoms with van der Waals surface area (Å²) in [6, 6.07) is 12.7. The number of hydrogen-bond donors (Lipinski definition) is 1. The van der Waals surface area contributed by atoms with E-state index in [1.165, 1.54) is 5.56 Å². The Bertz CT molecular complexity index is 599. The molecule has 0 saturated heterocycles. The van der Waals surface area contributed by atoms with Crippen molar-refractivity contribution in [2.24, 2.45) is 0 Å². The summed E-state index contributed by atoms with van der Waals surface area (Å²) in [4.78, 5) is 11.8. The number of carbonyl (C=O) groups is 1. The summed E-state index contributed by atoms with van der Waals surface area (Å²) in [5.74, 6) is -0.114. The van der Waals surface area contributed by atoms with Gasteiger partial charge in [0, 0.05) is 20.1 Å². The van der Waals surface area contributed by atoms with Crippen molar-refractivity contribution in [1.82, 2.24) is 0 Å². The predicted octanol–water partition coefficient (Wildman–Crippen LogP) is 5.09. The highest BCUT2D eigenvalue weighted by molar-refractivity contribution is 9.10. The van der Waals surface area contributed by atoms with E-state index < -0.39 is 5.97 Å². The maximum Gasteiger partial charge on any atom is 0.335 e. The summed E-state index contributed by atoms with van der Waals surface area (Å²) in [6.45, 7) is 0. The van der Waals surface area contributed by atoms with Gasteiger partial charge in [-0.15, -0.1) is 11.8 Å². The quantitative estimate of drug-likeness (QED) is 0.774. The largest absolute Gasteiger partial charge is 0.478 e. The zero-order valence-electron chi connectivity index (χ0n) is 9.77. The van der Waals surface area contributed by atoms with E-state index in [1.54, 1.807) is 23.9 Å². The molecular weight excluding hydrogens is 348 g/mol. The topological polar surface area (TPSA) is 37.3 Å². The van der Waals surface area contributed by atoms with Gasteiger partial charge in [0.25, 0.3) is 0 Å². The fourth-order valence-corrected chi connectivity index (χ4v) is 3.22. The third-order valence-electron chi connectivity index (χ3n) is 2.49. The molecule has 0 amide bonds. The van der Waals surface area contributed by atoms with Crippen LogP contribution in [-0.4, -0.2) is 11.1 Å². The van der Waals surface area contributed by atoms with Crippen LogP contribution >= 0.6 is 39.3 Å². The molecule has 5 heteroatoms. The van der Waals surface area contributed by atoms with Crippen LogP contribution in [0.1, 0.15) is 15.9 Å². The molecule has 0 spiro atoms. The predicted molar refractivity (Wildman–Crippen MR) is 82.1 cm³/mol. The second-order valence-electron chi connectivity index (χ2n) is 3.87. The van der Waals surface area contributed by atoms with E-state index >= 15 is 0 Å². The highest BCUT2D eigenvalue weighted by Gasteiger charge is 2.07. The van der Waals surface area contributed by atoms with Gasteiger partial charge in [-0.2, -0.15) is 0 Å². The number of aromatic carboxylic acids is 1. The minimum absolute atomic E-state index is 0.280. The summed E-state index contributed by atoms with van der Waals surface area (Å²) >= 11 is 10.9. The molecule has 0 radical (unpaired) electrons. The Hall–Kier alpha value is -0.970. The van der Waals surface area contributed by atoms with Crippen LogP contribution in [0.5, 0.6) is 0 Å². The van der Waals surface area contributed by atoms with Crippen LogP contribution in [0.4, 0.5) is 0 Å². The maximum absolute atomic E-state index is 10.8. The third kappa shape index (κ3) is 4.00. The van der Waals surface area contributed by atoms with Gasteiger partial charge in [0.05, 0.1) is 5.56 Å². The average Bonchev–Trinajstić information content (AvgIpc) is 2.39. The molecule has 19 heavy (non-hydrogen) atoms. The van der Waals surface area contributed by atoms with Gasteiger partial charge in [0.15, 0.2) is 0 Å². The molecular formula is C14H10BrClO2S. The van der Waals surface area contributed by atoms with Crippen molar-refractivity contribution in [3.8, 4) is 0 Å². The van der Waals surface area contributed by atoms with Gasteiger partial charge >= 0.3 is 5.97 Å². The minimum atomic E-state index is -0.921. The van der Waals surface area contributed by atoms with Crippen LogP contribution < -0.4 is 0 Å². The fraction of sp³-hybridized carbons (Fsp3) is 0.0714.